The number of carbonyl (C=O) groups is 2. The van der Waals surface area contributed by atoms with Crippen molar-refractivity contribution < 1.29 is 14.0 Å². The molecule has 2 amide bonds. The van der Waals surface area contributed by atoms with Gasteiger partial charge < -0.3 is 5.32 Å². The summed E-state index contributed by atoms with van der Waals surface area (Å²) in [6.07, 6.45) is 0. The molecule has 2 aromatic carbocycles. The third-order valence-corrected chi connectivity index (χ3v) is 5.16. The number of rotatable bonds is 4. The molecule has 5 nitrogen and oxygen atoms in total. The van der Waals surface area contributed by atoms with Gasteiger partial charge in [0, 0.05) is 12.2 Å². The maximum Gasteiger partial charge on any atom is 0.264 e. The summed E-state index contributed by atoms with van der Waals surface area (Å²) in [6, 6.07) is 16.6. The van der Waals surface area contributed by atoms with Crippen molar-refractivity contribution in [2.45, 2.75) is 18.7 Å². The molecule has 1 atom stereocenters. The van der Waals surface area contributed by atoms with E-state index in [9.17, 15) is 19.2 Å². The Kier molecular flexibility index (Phi) is 5.57. The minimum absolute atomic E-state index is 0.141. The van der Waals surface area contributed by atoms with Crippen LogP contribution in [0, 0.1) is 17.1 Å². The third-order valence-electron chi connectivity index (χ3n) is 3.99. The predicted octanol–water partition coefficient (Wildman–Crippen LogP) is 3.35. The van der Waals surface area contributed by atoms with Crippen LogP contribution in [0.1, 0.15) is 12.5 Å². The lowest BCUT2D eigenvalue weighted by Gasteiger charge is -2.18. The van der Waals surface area contributed by atoms with Crippen molar-refractivity contribution in [3.63, 3.8) is 0 Å². The third kappa shape index (κ3) is 4.01. The SMILES string of the molecule is C[C@@H]1S/C(=C(\C#N)C(=O)NCc2ccccc2)N(c2ccc(F)cc2)C1=O. The van der Waals surface area contributed by atoms with Gasteiger partial charge in [0.1, 0.15) is 22.5 Å². The number of amides is 2. The lowest BCUT2D eigenvalue weighted by Crippen LogP contribution is -2.30. The van der Waals surface area contributed by atoms with Crippen LogP contribution in [0.5, 0.6) is 0 Å². The molecule has 0 spiro atoms. The van der Waals surface area contributed by atoms with Crippen LogP contribution in [0.3, 0.4) is 0 Å². The first-order chi connectivity index (χ1) is 13.0. The van der Waals surface area contributed by atoms with Gasteiger partial charge in [0.05, 0.1) is 5.25 Å². The van der Waals surface area contributed by atoms with Crippen molar-refractivity contribution in [2.24, 2.45) is 0 Å². The summed E-state index contributed by atoms with van der Waals surface area (Å²) >= 11 is 1.14. The molecule has 1 saturated heterocycles. The van der Waals surface area contributed by atoms with E-state index >= 15 is 0 Å². The molecule has 0 unspecified atom stereocenters. The van der Waals surface area contributed by atoms with Crippen molar-refractivity contribution in [3.05, 3.63) is 76.6 Å². The first-order valence-corrected chi connectivity index (χ1v) is 9.12. The van der Waals surface area contributed by atoms with E-state index in [1.807, 2.05) is 36.4 Å². The average molecular weight is 381 g/mol. The highest BCUT2D eigenvalue weighted by Crippen LogP contribution is 2.40. The van der Waals surface area contributed by atoms with Crippen molar-refractivity contribution in [3.8, 4) is 6.07 Å². The topological polar surface area (TPSA) is 73.2 Å². The van der Waals surface area contributed by atoms with E-state index in [1.54, 1.807) is 6.92 Å². The first kappa shape index (κ1) is 18.7. The van der Waals surface area contributed by atoms with E-state index in [0.717, 1.165) is 17.3 Å². The van der Waals surface area contributed by atoms with Crippen molar-refractivity contribution in [1.82, 2.24) is 5.32 Å². The van der Waals surface area contributed by atoms with Crippen molar-refractivity contribution in [2.75, 3.05) is 4.90 Å². The molecule has 3 rings (SSSR count). The summed E-state index contributed by atoms with van der Waals surface area (Å²) in [6.45, 7) is 1.97. The number of benzene rings is 2. The Hall–Kier alpha value is -3.11. The van der Waals surface area contributed by atoms with Crippen molar-refractivity contribution in [1.29, 1.82) is 5.26 Å². The lowest BCUT2D eigenvalue weighted by atomic mass is 10.2. The monoisotopic (exact) mass is 381 g/mol. The highest BCUT2D eigenvalue weighted by Gasteiger charge is 2.38. The highest BCUT2D eigenvalue weighted by atomic mass is 32.2. The molecule has 1 aliphatic rings. The number of thioether (sulfide) groups is 1. The summed E-state index contributed by atoms with van der Waals surface area (Å²) in [7, 11) is 0. The summed E-state index contributed by atoms with van der Waals surface area (Å²) in [5.74, 6) is -1.25. The van der Waals surface area contributed by atoms with Gasteiger partial charge in [-0.3, -0.25) is 14.5 Å². The first-order valence-electron chi connectivity index (χ1n) is 8.24. The molecule has 0 bridgehead atoms. The van der Waals surface area contributed by atoms with Crippen LogP contribution < -0.4 is 10.2 Å². The van der Waals surface area contributed by atoms with E-state index in [0.29, 0.717) is 5.69 Å². The minimum Gasteiger partial charge on any atom is -0.347 e. The van der Waals surface area contributed by atoms with Gasteiger partial charge in [-0.15, -0.1) is 0 Å². The molecular formula is C20H16FN3O2S. The van der Waals surface area contributed by atoms with Crippen molar-refractivity contribution >= 4 is 29.3 Å². The Balaban J connectivity index is 1.91. The fourth-order valence-electron chi connectivity index (χ4n) is 2.62. The molecular weight excluding hydrogens is 365 g/mol. The molecule has 1 fully saturated rings. The Morgan fingerprint density at radius 2 is 1.89 bits per heavy atom. The van der Waals surface area contributed by atoms with Crippen LogP contribution in [0.25, 0.3) is 0 Å². The Labute approximate surface area is 160 Å². The van der Waals surface area contributed by atoms with Gasteiger partial charge >= 0.3 is 0 Å². The van der Waals surface area contributed by atoms with E-state index in [-0.39, 0.29) is 23.1 Å². The van der Waals surface area contributed by atoms with Gasteiger partial charge in [0.2, 0.25) is 5.91 Å². The van der Waals surface area contributed by atoms with E-state index in [4.69, 9.17) is 0 Å². The van der Waals surface area contributed by atoms with Crippen LogP contribution in [0.2, 0.25) is 0 Å². The van der Waals surface area contributed by atoms with Gasteiger partial charge in [0.25, 0.3) is 5.91 Å². The second kappa shape index (κ2) is 8.06. The van der Waals surface area contributed by atoms with E-state index in [1.165, 1.54) is 29.2 Å². The van der Waals surface area contributed by atoms with E-state index in [2.05, 4.69) is 5.32 Å². The maximum absolute atomic E-state index is 13.2. The smallest absolute Gasteiger partial charge is 0.264 e. The number of nitriles is 1. The number of hydrogen-bond donors (Lipinski definition) is 1. The van der Waals surface area contributed by atoms with Crippen LogP contribution in [0.15, 0.2) is 65.2 Å². The number of halogens is 1. The maximum atomic E-state index is 13.2. The zero-order chi connectivity index (χ0) is 19.4. The summed E-state index contributed by atoms with van der Waals surface area (Å²) < 4.78 is 13.2. The summed E-state index contributed by atoms with van der Waals surface area (Å²) in [5, 5.41) is 12.1. The fourth-order valence-corrected chi connectivity index (χ4v) is 3.72. The largest absolute Gasteiger partial charge is 0.347 e. The summed E-state index contributed by atoms with van der Waals surface area (Å²) in [4.78, 5) is 26.4. The number of hydrogen-bond acceptors (Lipinski definition) is 4. The number of carbonyl (C=O) groups excluding carboxylic acids is 2. The predicted molar refractivity (Wildman–Crippen MR) is 102 cm³/mol. The van der Waals surface area contributed by atoms with Gasteiger partial charge in [-0.1, -0.05) is 42.1 Å². The minimum atomic E-state index is -0.558. The molecule has 2 aromatic rings. The molecule has 1 N–H and O–H groups in total. The van der Waals surface area contributed by atoms with Crippen LogP contribution in [-0.4, -0.2) is 17.1 Å². The quantitative estimate of drug-likeness (QED) is 0.651. The lowest BCUT2D eigenvalue weighted by molar-refractivity contribution is -0.117. The molecule has 27 heavy (non-hydrogen) atoms. The van der Waals surface area contributed by atoms with Gasteiger partial charge in [-0.25, -0.2) is 4.39 Å². The van der Waals surface area contributed by atoms with Crippen LogP contribution >= 0.6 is 11.8 Å². The standard InChI is InChI=1S/C20H16FN3O2S/c1-13-19(26)24(16-9-7-15(21)8-10-16)20(27-13)17(11-22)18(25)23-12-14-5-3-2-4-6-14/h2-10,13H,12H2,1H3,(H,23,25)/b20-17+/t13-/m0/s1. The molecule has 1 heterocycles. The normalized spacial score (nSPS) is 18.2. The Morgan fingerprint density at radius 1 is 1.22 bits per heavy atom. The second-order valence-corrected chi connectivity index (χ2v) is 7.20. The molecule has 0 saturated carbocycles. The van der Waals surface area contributed by atoms with Crippen LogP contribution in [0.4, 0.5) is 10.1 Å². The molecule has 0 aliphatic carbocycles. The highest BCUT2D eigenvalue weighted by molar-refractivity contribution is 8.05. The zero-order valence-corrected chi connectivity index (χ0v) is 15.3. The molecule has 0 radical (unpaired) electrons. The van der Waals surface area contributed by atoms with E-state index < -0.39 is 17.0 Å². The molecule has 1 aliphatic heterocycles. The summed E-state index contributed by atoms with van der Waals surface area (Å²) in [5.41, 5.74) is 1.17. The number of nitrogens with zero attached hydrogens (tertiary/aromatic N) is 2. The molecule has 136 valence electrons. The van der Waals surface area contributed by atoms with Gasteiger partial charge in [-0.05, 0) is 36.8 Å². The Bertz CT molecular complexity index is 936. The zero-order valence-electron chi connectivity index (χ0n) is 14.5. The van der Waals surface area contributed by atoms with Gasteiger partial charge in [-0.2, -0.15) is 5.26 Å². The van der Waals surface area contributed by atoms with Gasteiger partial charge in [0.15, 0.2) is 0 Å². The Morgan fingerprint density at radius 3 is 2.52 bits per heavy atom. The number of anilines is 1. The second-order valence-electron chi connectivity index (χ2n) is 5.87. The fraction of sp³-hybridized carbons (Fsp3) is 0.150. The molecule has 0 aromatic heterocycles. The average Bonchev–Trinajstić information content (AvgIpc) is 2.97. The van der Waals surface area contributed by atoms with Crippen LogP contribution in [-0.2, 0) is 16.1 Å². The molecule has 7 heteroatoms. The number of nitrogens with one attached hydrogen (secondary N) is 1.